The molecule has 2 aromatic rings. The van der Waals surface area contributed by atoms with E-state index in [4.69, 9.17) is 0 Å². The van der Waals surface area contributed by atoms with E-state index in [0.29, 0.717) is 5.56 Å². The van der Waals surface area contributed by atoms with E-state index in [0.717, 1.165) is 35.2 Å². The van der Waals surface area contributed by atoms with Gasteiger partial charge in [0.05, 0.1) is 23.5 Å². The van der Waals surface area contributed by atoms with Crippen molar-refractivity contribution in [3.8, 4) is 0 Å². The van der Waals surface area contributed by atoms with Gasteiger partial charge in [-0.05, 0) is 42.9 Å². The fraction of sp³-hybridized carbons (Fsp3) is 0.263. The maximum absolute atomic E-state index is 13.3. The summed E-state index contributed by atoms with van der Waals surface area (Å²) in [5, 5.41) is 2.34. The van der Waals surface area contributed by atoms with E-state index in [2.05, 4.69) is 5.32 Å². The number of anilines is 2. The first-order chi connectivity index (χ1) is 13.5. The van der Waals surface area contributed by atoms with Crippen LogP contribution in [0.5, 0.6) is 0 Å². The average Bonchev–Trinajstić information content (AvgIpc) is 2.62. The molecule has 0 aliphatic carbocycles. The second-order valence-electron chi connectivity index (χ2n) is 6.68. The van der Waals surface area contributed by atoms with Crippen LogP contribution in [0.3, 0.4) is 0 Å². The van der Waals surface area contributed by atoms with Gasteiger partial charge < -0.3 is 5.32 Å². The SMILES string of the molecule is CN(CC(=O)N1CC(=O)Nc2cc(C(F)(F)F)ccc21)Cc1ccc(F)c(F)c1. The number of carbonyl (C=O) groups excluding carboxylic acids is 2. The van der Waals surface area contributed by atoms with Gasteiger partial charge in [-0.15, -0.1) is 0 Å². The number of fused-ring (bicyclic) bond motifs is 1. The molecule has 0 saturated carbocycles. The molecule has 0 fully saturated rings. The highest BCUT2D eigenvalue weighted by atomic mass is 19.4. The molecule has 0 saturated heterocycles. The molecule has 3 rings (SSSR count). The lowest BCUT2D eigenvalue weighted by Crippen LogP contribution is -2.46. The van der Waals surface area contributed by atoms with Crippen molar-refractivity contribution in [1.29, 1.82) is 0 Å². The molecule has 2 aromatic carbocycles. The second kappa shape index (κ2) is 7.78. The van der Waals surface area contributed by atoms with Crippen molar-refractivity contribution in [2.75, 3.05) is 30.4 Å². The molecule has 0 unspecified atom stereocenters. The molecule has 1 N–H and O–H groups in total. The fourth-order valence-electron chi connectivity index (χ4n) is 3.01. The molecule has 0 aromatic heterocycles. The minimum atomic E-state index is -4.59. The van der Waals surface area contributed by atoms with Gasteiger partial charge in [0.2, 0.25) is 11.8 Å². The van der Waals surface area contributed by atoms with Crippen molar-refractivity contribution >= 4 is 23.2 Å². The second-order valence-corrected chi connectivity index (χ2v) is 6.68. The van der Waals surface area contributed by atoms with Crippen molar-refractivity contribution in [2.45, 2.75) is 12.7 Å². The van der Waals surface area contributed by atoms with Crippen LogP contribution in [0, 0.1) is 11.6 Å². The van der Waals surface area contributed by atoms with Gasteiger partial charge in [-0.1, -0.05) is 6.07 Å². The first-order valence-corrected chi connectivity index (χ1v) is 8.48. The van der Waals surface area contributed by atoms with Crippen LogP contribution < -0.4 is 10.2 Å². The van der Waals surface area contributed by atoms with E-state index >= 15 is 0 Å². The number of hydrogen-bond acceptors (Lipinski definition) is 3. The highest BCUT2D eigenvalue weighted by molar-refractivity contribution is 6.10. The summed E-state index contributed by atoms with van der Waals surface area (Å²) in [5.41, 5.74) is -0.455. The summed E-state index contributed by atoms with van der Waals surface area (Å²) < 4.78 is 65.0. The molecule has 154 valence electrons. The number of hydrogen-bond donors (Lipinski definition) is 1. The average molecular weight is 413 g/mol. The zero-order valence-corrected chi connectivity index (χ0v) is 15.2. The number of likely N-dealkylation sites (N-methyl/N-ethyl adjacent to an activating group) is 1. The summed E-state index contributed by atoms with van der Waals surface area (Å²) in [7, 11) is 1.57. The van der Waals surface area contributed by atoms with Gasteiger partial charge in [0, 0.05) is 6.54 Å². The van der Waals surface area contributed by atoms with E-state index in [1.54, 1.807) is 7.05 Å². The first kappa shape index (κ1) is 20.7. The monoisotopic (exact) mass is 413 g/mol. The Hall–Kier alpha value is -3.01. The maximum Gasteiger partial charge on any atom is 0.416 e. The van der Waals surface area contributed by atoms with Crippen molar-refractivity contribution in [2.24, 2.45) is 0 Å². The van der Waals surface area contributed by atoms with Gasteiger partial charge >= 0.3 is 6.18 Å². The zero-order chi connectivity index (χ0) is 21.3. The molecule has 5 nitrogen and oxygen atoms in total. The Bertz CT molecular complexity index is 961. The first-order valence-electron chi connectivity index (χ1n) is 8.48. The third kappa shape index (κ3) is 4.70. The number of nitrogens with zero attached hydrogens (tertiary/aromatic N) is 2. The van der Waals surface area contributed by atoms with Gasteiger partial charge in [-0.25, -0.2) is 8.78 Å². The Morgan fingerprint density at radius 1 is 1.14 bits per heavy atom. The van der Waals surface area contributed by atoms with Crippen molar-refractivity contribution in [1.82, 2.24) is 4.90 Å². The molecule has 2 amide bonds. The van der Waals surface area contributed by atoms with Gasteiger partial charge in [0.1, 0.15) is 6.54 Å². The van der Waals surface area contributed by atoms with E-state index in [9.17, 15) is 31.5 Å². The lowest BCUT2D eigenvalue weighted by atomic mass is 10.1. The van der Waals surface area contributed by atoms with Crippen LogP contribution in [0.1, 0.15) is 11.1 Å². The molecule has 1 heterocycles. The van der Waals surface area contributed by atoms with Gasteiger partial charge in [-0.2, -0.15) is 13.2 Å². The highest BCUT2D eigenvalue weighted by Gasteiger charge is 2.34. The number of halogens is 5. The van der Waals surface area contributed by atoms with Crippen LogP contribution >= 0.6 is 0 Å². The summed E-state index contributed by atoms with van der Waals surface area (Å²) in [5.74, 6) is -3.13. The number of amides is 2. The van der Waals surface area contributed by atoms with E-state index in [1.165, 1.54) is 11.0 Å². The molecule has 0 spiro atoms. The van der Waals surface area contributed by atoms with Crippen molar-refractivity contribution in [3.05, 3.63) is 59.2 Å². The molecule has 1 aliphatic rings. The van der Waals surface area contributed by atoms with Crippen molar-refractivity contribution in [3.63, 3.8) is 0 Å². The lowest BCUT2D eigenvalue weighted by Gasteiger charge is -2.31. The quantitative estimate of drug-likeness (QED) is 0.782. The minimum absolute atomic E-state index is 0.104. The van der Waals surface area contributed by atoms with Crippen LogP contribution in [0.25, 0.3) is 0 Å². The lowest BCUT2D eigenvalue weighted by molar-refractivity contribution is -0.137. The molecule has 0 atom stereocenters. The predicted octanol–water partition coefficient (Wildman–Crippen LogP) is 3.40. The summed E-state index contributed by atoms with van der Waals surface area (Å²) >= 11 is 0. The summed E-state index contributed by atoms with van der Waals surface area (Å²) in [6.45, 7) is -0.397. The van der Waals surface area contributed by atoms with Gasteiger partial charge in [0.25, 0.3) is 0 Å². The number of rotatable bonds is 4. The third-order valence-electron chi connectivity index (χ3n) is 4.33. The molecule has 0 bridgehead atoms. The van der Waals surface area contributed by atoms with Crippen LogP contribution in [-0.2, 0) is 22.3 Å². The summed E-state index contributed by atoms with van der Waals surface area (Å²) in [4.78, 5) is 27.1. The molecule has 29 heavy (non-hydrogen) atoms. The predicted molar refractivity (Wildman–Crippen MR) is 95.1 cm³/mol. The van der Waals surface area contributed by atoms with E-state index < -0.39 is 35.2 Å². The molecular weight excluding hydrogens is 397 g/mol. The smallest absolute Gasteiger partial charge is 0.323 e. The van der Waals surface area contributed by atoms with Gasteiger partial charge in [-0.3, -0.25) is 19.4 Å². The standard InChI is InChI=1S/C19H16F5N3O2/c1-26(8-11-2-4-13(20)14(21)6-11)10-18(29)27-9-17(28)25-15-7-12(19(22,23)24)3-5-16(15)27/h2-7H,8-10H2,1H3,(H,25,28). The topological polar surface area (TPSA) is 52.7 Å². The molecular formula is C19H16F5N3O2. The maximum atomic E-state index is 13.3. The van der Waals surface area contributed by atoms with Crippen LogP contribution in [0.2, 0.25) is 0 Å². The highest BCUT2D eigenvalue weighted by Crippen LogP contribution is 2.37. The van der Waals surface area contributed by atoms with E-state index in [-0.39, 0.29) is 31.0 Å². The molecule has 1 aliphatic heterocycles. The Morgan fingerprint density at radius 3 is 2.52 bits per heavy atom. The zero-order valence-electron chi connectivity index (χ0n) is 15.2. The Labute approximate surface area is 162 Å². The normalized spacial score (nSPS) is 14.0. The third-order valence-corrected chi connectivity index (χ3v) is 4.33. The largest absolute Gasteiger partial charge is 0.416 e. The number of alkyl halides is 3. The van der Waals surface area contributed by atoms with Crippen LogP contribution in [-0.4, -0.2) is 36.9 Å². The van der Waals surface area contributed by atoms with Crippen molar-refractivity contribution < 1.29 is 31.5 Å². The number of nitrogens with one attached hydrogen (secondary N) is 1. The van der Waals surface area contributed by atoms with Gasteiger partial charge in [0.15, 0.2) is 11.6 Å². The number of carbonyl (C=O) groups is 2. The van der Waals surface area contributed by atoms with Crippen LogP contribution in [0.4, 0.5) is 33.3 Å². The summed E-state index contributed by atoms with van der Waals surface area (Å²) in [6.07, 6.45) is -4.59. The Morgan fingerprint density at radius 2 is 1.86 bits per heavy atom. The molecule has 0 radical (unpaired) electrons. The number of benzene rings is 2. The van der Waals surface area contributed by atoms with Crippen LogP contribution in [0.15, 0.2) is 36.4 Å². The summed E-state index contributed by atoms with van der Waals surface area (Å²) in [6, 6.07) is 6.11. The fourth-order valence-corrected chi connectivity index (χ4v) is 3.01. The molecule has 10 heteroatoms. The Balaban J connectivity index is 1.75. The minimum Gasteiger partial charge on any atom is -0.323 e. The van der Waals surface area contributed by atoms with E-state index in [1.807, 2.05) is 0 Å². The Kier molecular flexibility index (Phi) is 5.56.